The molecule has 0 aromatic heterocycles. The van der Waals surface area contributed by atoms with Gasteiger partial charge in [-0.25, -0.2) is 0 Å². The summed E-state index contributed by atoms with van der Waals surface area (Å²) in [5, 5.41) is 0.712. The first-order valence-electron chi connectivity index (χ1n) is 8.09. The molecule has 0 fully saturated rings. The Hall–Kier alpha value is -1.14. The first-order chi connectivity index (χ1) is 12.9. The van der Waals surface area contributed by atoms with Gasteiger partial charge in [0, 0.05) is 15.7 Å². The van der Waals surface area contributed by atoms with E-state index in [9.17, 15) is 0 Å². The molecular formula is C21H15Br3ClNO. The molecule has 0 spiro atoms. The second-order valence-electron chi connectivity index (χ2n) is 5.92. The van der Waals surface area contributed by atoms with E-state index >= 15 is 0 Å². The van der Waals surface area contributed by atoms with Crippen LogP contribution in [0, 0.1) is 6.92 Å². The molecule has 0 amide bonds. The van der Waals surface area contributed by atoms with Crippen molar-refractivity contribution >= 4 is 71.3 Å². The summed E-state index contributed by atoms with van der Waals surface area (Å²) in [6, 6.07) is 17.8. The van der Waals surface area contributed by atoms with E-state index in [0.717, 1.165) is 41.5 Å². The minimum absolute atomic E-state index is 0.486. The molecule has 3 rings (SSSR count). The van der Waals surface area contributed by atoms with E-state index in [1.54, 1.807) is 6.21 Å². The minimum Gasteiger partial charge on any atom is -0.487 e. The lowest BCUT2D eigenvalue weighted by Gasteiger charge is -2.11. The number of aliphatic imine (C=N–C) groups is 1. The van der Waals surface area contributed by atoms with Crippen molar-refractivity contribution in [3.8, 4) is 5.75 Å². The Kier molecular flexibility index (Phi) is 7.15. The van der Waals surface area contributed by atoms with Gasteiger partial charge < -0.3 is 4.74 Å². The Morgan fingerprint density at radius 2 is 1.63 bits per heavy atom. The number of nitrogens with zero attached hydrogens (tertiary/aromatic N) is 1. The van der Waals surface area contributed by atoms with Crippen molar-refractivity contribution in [1.82, 2.24) is 0 Å². The van der Waals surface area contributed by atoms with Gasteiger partial charge in [0.1, 0.15) is 12.4 Å². The fraction of sp³-hybridized carbons (Fsp3) is 0.0952. The van der Waals surface area contributed by atoms with Gasteiger partial charge in [0.2, 0.25) is 0 Å². The summed E-state index contributed by atoms with van der Waals surface area (Å²) in [5.41, 5.74) is 3.89. The molecule has 0 unspecified atom stereocenters. The van der Waals surface area contributed by atoms with E-state index in [-0.39, 0.29) is 0 Å². The van der Waals surface area contributed by atoms with Gasteiger partial charge >= 0.3 is 0 Å². The van der Waals surface area contributed by atoms with Gasteiger partial charge in [-0.05, 0) is 91.9 Å². The van der Waals surface area contributed by atoms with Gasteiger partial charge in [0.25, 0.3) is 0 Å². The maximum atomic E-state index is 6.15. The molecule has 0 atom stereocenters. The molecule has 6 heteroatoms. The topological polar surface area (TPSA) is 21.6 Å². The molecule has 0 N–H and O–H groups in total. The Morgan fingerprint density at radius 3 is 2.26 bits per heavy atom. The summed E-state index contributed by atoms with van der Waals surface area (Å²) in [5.74, 6) is 0.758. The number of ether oxygens (including phenoxy) is 1. The highest BCUT2D eigenvalue weighted by atomic mass is 79.9. The quantitative estimate of drug-likeness (QED) is 0.282. The number of hydrogen-bond donors (Lipinski definition) is 0. The standard InChI is InChI=1S/C21H15Br3ClNO/c1-13-2-7-17(10-20(13)25)26-11-15-8-18(23)21(19(24)9-15)27-12-14-3-5-16(22)6-4-14/h2-11H,12H2,1H3. The van der Waals surface area contributed by atoms with Crippen molar-refractivity contribution in [2.75, 3.05) is 0 Å². The first-order valence-corrected chi connectivity index (χ1v) is 10.8. The molecule has 0 radical (unpaired) electrons. The van der Waals surface area contributed by atoms with Crippen LogP contribution in [0.5, 0.6) is 5.75 Å². The minimum atomic E-state index is 0.486. The molecule has 138 valence electrons. The zero-order valence-electron chi connectivity index (χ0n) is 14.3. The SMILES string of the molecule is Cc1ccc(N=Cc2cc(Br)c(OCc3ccc(Br)cc3)c(Br)c2)cc1Cl. The molecule has 27 heavy (non-hydrogen) atoms. The zero-order chi connectivity index (χ0) is 19.4. The molecule has 0 aliphatic rings. The Morgan fingerprint density at radius 1 is 0.963 bits per heavy atom. The Labute approximate surface area is 189 Å². The molecule has 2 nitrogen and oxygen atoms in total. The van der Waals surface area contributed by atoms with Crippen molar-refractivity contribution in [1.29, 1.82) is 0 Å². The summed E-state index contributed by atoms with van der Waals surface area (Å²) in [6.45, 7) is 2.46. The van der Waals surface area contributed by atoms with Crippen LogP contribution in [0.25, 0.3) is 0 Å². The monoisotopic (exact) mass is 569 g/mol. The van der Waals surface area contributed by atoms with E-state index in [1.807, 2.05) is 61.5 Å². The largest absolute Gasteiger partial charge is 0.487 e. The molecule has 3 aromatic rings. The highest BCUT2D eigenvalue weighted by Crippen LogP contribution is 2.35. The Balaban J connectivity index is 1.74. The van der Waals surface area contributed by atoms with Crippen LogP contribution < -0.4 is 4.74 Å². The number of benzene rings is 3. The van der Waals surface area contributed by atoms with E-state index < -0.39 is 0 Å². The average molecular weight is 573 g/mol. The fourth-order valence-corrected chi connectivity index (χ4v) is 4.23. The van der Waals surface area contributed by atoms with Crippen molar-refractivity contribution in [3.63, 3.8) is 0 Å². The third-order valence-electron chi connectivity index (χ3n) is 3.84. The molecule has 0 bridgehead atoms. The summed E-state index contributed by atoms with van der Waals surface area (Å²) < 4.78 is 8.73. The van der Waals surface area contributed by atoms with Crippen molar-refractivity contribution in [2.45, 2.75) is 13.5 Å². The van der Waals surface area contributed by atoms with E-state index in [2.05, 4.69) is 52.8 Å². The molecular weight excluding hydrogens is 557 g/mol. The highest BCUT2D eigenvalue weighted by Gasteiger charge is 2.09. The van der Waals surface area contributed by atoms with Crippen LogP contribution in [0.3, 0.4) is 0 Å². The molecule has 3 aromatic carbocycles. The van der Waals surface area contributed by atoms with E-state index in [1.165, 1.54) is 0 Å². The average Bonchev–Trinajstić information content (AvgIpc) is 2.63. The zero-order valence-corrected chi connectivity index (χ0v) is 19.9. The fourth-order valence-electron chi connectivity index (χ4n) is 2.34. The van der Waals surface area contributed by atoms with Crippen LogP contribution >= 0.6 is 59.4 Å². The van der Waals surface area contributed by atoms with E-state index in [4.69, 9.17) is 16.3 Å². The van der Waals surface area contributed by atoms with Crippen LogP contribution in [-0.2, 0) is 6.61 Å². The predicted octanol–water partition coefficient (Wildman–Crippen LogP) is 8.27. The molecule has 0 heterocycles. The van der Waals surface area contributed by atoms with Crippen LogP contribution in [0.4, 0.5) is 5.69 Å². The normalized spacial score (nSPS) is 11.1. The number of rotatable bonds is 5. The summed E-state index contributed by atoms with van der Waals surface area (Å²) in [7, 11) is 0. The lowest BCUT2D eigenvalue weighted by Crippen LogP contribution is -1.97. The second kappa shape index (κ2) is 9.37. The number of hydrogen-bond acceptors (Lipinski definition) is 2. The third kappa shape index (κ3) is 5.67. The first kappa shape index (κ1) is 20.6. The third-order valence-corrected chi connectivity index (χ3v) is 5.95. The van der Waals surface area contributed by atoms with Gasteiger partial charge in [-0.15, -0.1) is 0 Å². The van der Waals surface area contributed by atoms with Crippen molar-refractivity contribution in [2.24, 2.45) is 4.99 Å². The number of aryl methyl sites for hydroxylation is 1. The van der Waals surface area contributed by atoms with Crippen molar-refractivity contribution < 1.29 is 4.74 Å². The second-order valence-corrected chi connectivity index (χ2v) is 8.95. The lowest BCUT2D eigenvalue weighted by atomic mass is 10.2. The Bertz CT molecular complexity index is 964. The molecule has 0 aliphatic heterocycles. The van der Waals surface area contributed by atoms with Crippen LogP contribution in [0.2, 0.25) is 5.02 Å². The van der Waals surface area contributed by atoms with Crippen molar-refractivity contribution in [3.05, 3.63) is 89.7 Å². The van der Waals surface area contributed by atoms with E-state index in [0.29, 0.717) is 11.6 Å². The summed E-state index contributed by atoms with van der Waals surface area (Å²) in [4.78, 5) is 4.50. The maximum absolute atomic E-state index is 6.15. The van der Waals surface area contributed by atoms with Crippen LogP contribution in [0.15, 0.2) is 73.0 Å². The smallest absolute Gasteiger partial charge is 0.148 e. The van der Waals surface area contributed by atoms with Crippen LogP contribution in [0.1, 0.15) is 16.7 Å². The lowest BCUT2D eigenvalue weighted by molar-refractivity contribution is 0.302. The summed E-state index contributed by atoms with van der Waals surface area (Å²) >= 11 is 16.8. The summed E-state index contributed by atoms with van der Waals surface area (Å²) in [6.07, 6.45) is 1.80. The maximum Gasteiger partial charge on any atom is 0.148 e. The van der Waals surface area contributed by atoms with Crippen LogP contribution in [-0.4, -0.2) is 6.21 Å². The number of halogens is 4. The highest BCUT2D eigenvalue weighted by molar-refractivity contribution is 9.11. The van der Waals surface area contributed by atoms with Gasteiger partial charge in [-0.1, -0.05) is 45.7 Å². The van der Waals surface area contributed by atoms with Gasteiger partial charge in [-0.2, -0.15) is 0 Å². The van der Waals surface area contributed by atoms with Gasteiger partial charge in [-0.3, -0.25) is 4.99 Å². The molecule has 0 saturated carbocycles. The van der Waals surface area contributed by atoms with Gasteiger partial charge in [0.05, 0.1) is 14.6 Å². The predicted molar refractivity (Wildman–Crippen MR) is 124 cm³/mol. The van der Waals surface area contributed by atoms with Gasteiger partial charge in [0.15, 0.2) is 0 Å². The molecule has 0 aliphatic carbocycles. The molecule has 0 saturated heterocycles.